The summed E-state index contributed by atoms with van der Waals surface area (Å²) in [6.45, 7) is 0.276. The van der Waals surface area contributed by atoms with Gasteiger partial charge in [0.05, 0.1) is 5.52 Å². The first kappa shape index (κ1) is 19.1. The van der Waals surface area contributed by atoms with Crippen molar-refractivity contribution in [1.82, 2.24) is 19.7 Å². The minimum atomic E-state index is -0.448. The zero-order chi connectivity index (χ0) is 21.2. The number of aromatic nitrogens is 3. The Morgan fingerprint density at radius 2 is 1.84 bits per heavy atom. The van der Waals surface area contributed by atoms with Crippen molar-refractivity contribution in [3.63, 3.8) is 0 Å². The Morgan fingerprint density at radius 1 is 1.00 bits per heavy atom. The molecule has 31 heavy (non-hydrogen) atoms. The van der Waals surface area contributed by atoms with E-state index in [1.54, 1.807) is 12.4 Å². The van der Waals surface area contributed by atoms with E-state index in [0.717, 1.165) is 26.9 Å². The van der Waals surface area contributed by atoms with Gasteiger partial charge in [0.2, 0.25) is 0 Å². The lowest BCUT2D eigenvalue weighted by Crippen LogP contribution is -2.30. The van der Waals surface area contributed by atoms with Crippen LogP contribution in [-0.2, 0) is 13.0 Å². The highest BCUT2D eigenvalue weighted by atomic mass is 32.1. The number of carbonyl (C=O) groups is 1. The summed E-state index contributed by atoms with van der Waals surface area (Å²) in [6, 6.07) is 19.7. The Kier molecular flexibility index (Phi) is 5.01. The van der Waals surface area contributed by atoms with E-state index in [4.69, 9.17) is 0 Å². The Morgan fingerprint density at radius 3 is 2.71 bits per heavy atom. The first-order chi connectivity index (χ1) is 15.2. The van der Waals surface area contributed by atoms with Gasteiger partial charge in [0.15, 0.2) is 4.96 Å². The average Bonchev–Trinajstić information content (AvgIpc) is 3.22. The van der Waals surface area contributed by atoms with E-state index in [-0.39, 0.29) is 17.7 Å². The molecule has 6 nitrogen and oxygen atoms in total. The number of thiazole rings is 1. The first-order valence-electron chi connectivity index (χ1n) is 9.84. The molecule has 1 N–H and O–H groups in total. The van der Waals surface area contributed by atoms with Gasteiger partial charge in [-0.05, 0) is 17.2 Å². The Hall–Kier alpha value is -3.84. The van der Waals surface area contributed by atoms with Crippen molar-refractivity contribution in [3.8, 4) is 0 Å². The minimum absolute atomic E-state index is 0.0229. The molecule has 2 aromatic carbocycles. The van der Waals surface area contributed by atoms with Crippen LogP contribution in [0, 0.1) is 0 Å². The number of amides is 1. The third-order valence-electron chi connectivity index (χ3n) is 5.08. The zero-order valence-electron chi connectivity index (χ0n) is 16.5. The number of benzene rings is 2. The molecule has 0 aliphatic heterocycles. The molecule has 0 aliphatic rings. The molecule has 3 aromatic heterocycles. The summed E-state index contributed by atoms with van der Waals surface area (Å²) in [5, 5.41) is 3.83. The molecule has 7 heteroatoms. The lowest BCUT2D eigenvalue weighted by molar-refractivity contribution is 0.0949. The number of rotatable bonds is 5. The maximum absolute atomic E-state index is 12.9. The molecule has 5 rings (SSSR count). The van der Waals surface area contributed by atoms with Crippen LogP contribution >= 0.6 is 11.3 Å². The van der Waals surface area contributed by atoms with Gasteiger partial charge < -0.3 is 5.32 Å². The fourth-order valence-corrected chi connectivity index (χ4v) is 4.52. The van der Waals surface area contributed by atoms with Crippen LogP contribution in [0.4, 0.5) is 0 Å². The van der Waals surface area contributed by atoms with E-state index < -0.39 is 5.91 Å². The maximum Gasteiger partial charge on any atom is 0.271 e. The van der Waals surface area contributed by atoms with Crippen LogP contribution in [0.5, 0.6) is 0 Å². The second kappa shape index (κ2) is 8.12. The average molecular weight is 427 g/mol. The van der Waals surface area contributed by atoms with Crippen molar-refractivity contribution in [1.29, 1.82) is 0 Å². The molecule has 5 aromatic rings. The molecule has 0 saturated heterocycles. The van der Waals surface area contributed by atoms with Gasteiger partial charge in [-0.3, -0.25) is 19.0 Å². The van der Waals surface area contributed by atoms with Gasteiger partial charge >= 0.3 is 0 Å². The predicted octanol–water partition coefficient (Wildman–Crippen LogP) is 3.83. The van der Waals surface area contributed by atoms with Crippen LogP contribution < -0.4 is 10.9 Å². The number of pyridine rings is 1. The van der Waals surface area contributed by atoms with Gasteiger partial charge in [0, 0.05) is 41.8 Å². The Bertz CT molecular complexity index is 1450. The Labute approximate surface area is 181 Å². The summed E-state index contributed by atoms with van der Waals surface area (Å²) in [5.74, 6) is -0.448. The fraction of sp³-hybridized carbons (Fsp3) is 0.0833. The van der Waals surface area contributed by atoms with Crippen LogP contribution in [-0.4, -0.2) is 20.3 Å². The quantitative estimate of drug-likeness (QED) is 0.464. The summed E-state index contributed by atoms with van der Waals surface area (Å²) in [4.78, 5) is 36.0. The zero-order valence-corrected chi connectivity index (χ0v) is 17.3. The fourth-order valence-electron chi connectivity index (χ4n) is 3.55. The lowest BCUT2D eigenvalue weighted by Gasteiger charge is -2.07. The second-order valence-corrected chi connectivity index (χ2v) is 8.26. The summed E-state index contributed by atoms with van der Waals surface area (Å²) in [7, 11) is 0. The van der Waals surface area contributed by atoms with E-state index in [0.29, 0.717) is 11.4 Å². The molecular formula is C24H18N4O2S. The highest BCUT2D eigenvalue weighted by Gasteiger charge is 2.15. The predicted molar refractivity (Wildman–Crippen MR) is 122 cm³/mol. The smallest absolute Gasteiger partial charge is 0.271 e. The van der Waals surface area contributed by atoms with E-state index in [1.165, 1.54) is 21.9 Å². The van der Waals surface area contributed by atoms with Crippen molar-refractivity contribution in [2.24, 2.45) is 0 Å². The number of nitrogens with zero attached hydrogens (tertiary/aromatic N) is 3. The number of carbonyl (C=O) groups excluding carboxylic acids is 1. The van der Waals surface area contributed by atoms with Crippen LogP contribution in [0.3, 0.4) is 0 Å². The normalized spacial score (nSPS) is 11.1. The van der Waals surface area contributed by atoms with Crippen molar-refractivity contribution in [2.45, 2.75) is 13.0 Å². The third kappa shape index (κ3) is 3.83. The number of hydrogen-bond acceptors (Lipinski definition) is 5. The largest absolute Gasteiger partial charge is 0.348 e. The molecule has 1 amide bonds. The SMILES string of the molecule is O=C(NCc1cccc2cccnc12)c1cnc2sc(Cc3ccccc3)cn2c1=O. The molecule has 0 bridgehead atoms. The van der Waals surface area contributed by atoms with E-state index in [2.05, 4.69) is 15.3 Å². The number of para-hydroxylation sites is 1. The van der Waals surface area contributed by atoms with Crippen LogP contribution in [0.15, 0.2) is 84.0 Å². The number of fused-ring (bicyclic) bond motifs is 2. The maximum atomic E-state index is 12.9. The molecule has 0 unspecified atom stereocenters. The van der Waals surface area contributed by atoms with Gasteiger partial charge in [-0.1, -0.05) is 54.6 Å². The van der Waals surface area contributed by atoms with Gasteiger partial charge in [0.1, 0.15) is 5.56 Å². The highest BCUT2D eigenvalue weighted by molar-refractivity contribution is 7.17. The van der Waals surface area contributed by atoms with Crippen molar-refractivity contribution >= 4 is 33.1 Å². The van der Waals surface area contributed by atoms with Crippen molar-refractivity contribution in [3.05, 3.63) is 111 Å². The monoisotopic (exact) mass is 426 g/mol. The Balaban J connectivity index is 1.38. The van der Waals surface area contributed by atoms with E-state index >= 15 is 0 Å². The van der Waals surface area contributed by atoms with Gasteiger partial charge in [-0.15, -0.1) is 11.3 Å². The molecule has 0 fully saturated rings. The van der Waals surface area contributed by atoms with Crippen LogP contribution in [0.25, 0.3) is 15.9 Å². The molecular weight excluding hydrogens is 408 g/mol. The summed E-state index contributed by atoms with van der Waals surface area (Å²) >= 11 is 1.45. The molecule has 152 valence electrons. The van der Waals surface area contributed by atoms with Crippen molar-refractivity contribution < 1.29 is 4.79 Å². The summed E-state index contributed by atoms with van der Waals surface area (Å²) in [6.07, 6.45) is 5.57. The van der Waals surface area contributed by atoms with Gasteiger partial charge in [0.25, 0.3) is 11.5 Å². The van der Waals surface area contributed by atoms with Gasteiger partial charge in [-0.2, -0.15) is 0 Å². The van der Waals surface area contributed by atoms with E-state index in [1.807, 2.05) is 60.7 Å². The number of nitrogens with one attached hydrogen (secondary N) is 1. The highest BCUT2D eigenvalue weighted by Crippen LogP contribution is 2.19. The van der Waals surface area contributed by atoms with Gasteiger partial charge in [-0.25, -0.2) is 4.98 Å². The molecule has 0 saturated carbocycles. The minimum Gasteiger partial charge on any atom is -0.348 e. The van der Waals surface area contributed by atoms with Crippen LogP contribution in [0.1, 0.15) is 26.4 Å². The van der Waals surface area contributed by atoms with Crippen molar-refractivity contribution in [2.75, 3.05) is 0 Å². The molecule has 0 spiro atoms. The first-order valence-corrected chi connectivity index (χ1v) is 10.7. The molecule has 0 aliphatic carbocycles. The molecule has 0 radical (unpaired) electrons. The van der Waals surface area contributed by atoms with E-state index in [9.17, 15) is 9.59 Å². The molecule has 3 heterocycles. The van der Waals surface area contributed by atoms with Crippen LogP contribution in [0.2, 0.25) is 0 Å². The third-order valence-corrected chi connectivity index (χ3v) is 6.07. The molecule has 0 atom stereocenters. The lowest BCUT2D eigenvalue weighted by atomic mass is 10.1. The second-order valence-electron chi connectivity index (χ2n) is 7.16. The summed E-state index contributed by atoms with van der Waals surface area (Å²) in [5.41, 5.74) is 2.54. The topological polar surface area (TPSA) is 76.4 Å². The summed E-state index contributed by atoms with van der Waals surface area (Å²) < 4.78 is 1.46. The standard InChI is InChI=1S/C24H18N4O2S/c29-22(26-13-18-9-4-8-17-10-5-11-25-21(17)18)20-14-27-24-28(23(20)30)15-19(31-24)12-16-6-2-1-3-7-16/h1-11,14-15H,12-13H2,(H,26,29). The number of hydrogen-bond donors (Lipinski definition) is 1.